The summed E-state index contributed by atoms with van der Waals surface area (Å²) in [6, 6.07) is 19.8. The lowest BCUT2D eigenvalue weighted by Gasteiger charge is -2.19. The number of hydrogen-bond donors (Lipinski definition) is 1. The summed E-state index contributed by atoms with van der Waals surface area (Å²) in [4.78, 5) is 0. The number of methoxy groups -OCH3 is 1. The summed E-state index contributed by atoms with van der Waals surface area (Å²) in [5.74, 6) is 0.880. The van der Waals surface area contributed by atoms with E-state index in [-0.39, 0.29) is 0 Å². The molecule has 0 amide bonds. The highest BCUT2D eigenvalue weighted by Gasteiger charge is 2.11. The molecule has 0 heterocycles. The number of ether oxygens (including phenoxy) is 1. The Morgan fingerprint density at radius 3 is 2.30 bits per heavy atom. The smallest absolute Gasteiger partial charge is 0.119 e. The fraction of sp³-hybridized carbons (Fsp3) is 0.278. The molecule has 0 atom stereocenters. The van der Waals surface area contributed by atoms with E-state index in [4.69, 9.17) is 4.74 Å². The van der Waals surface area contributed by atoms with Crippen molar-refractivity contribution in [1.82, 2.24) is 0 Å². The zero-order valence-corrected chi connectivity index (χ0v) is 12.2. The van der Waals surface area contributed by atoms with Crippen LogP contribution in [-0.4, -0.2) is 7.11 Å². The maximum atomic E-state index is 5.19. The van der Waals surface area contributed by atoms with Gasteiger partial charge in [0.15, 0.2) is 0 Å². The minimum atomic E-state index is 0.880. The normalized spacial score (nSPS) is 10.6. The van der Waals surface area contributed by atoms with Crippen molar-refractivity contribution in [2.24, 2.45) is 0 Å². The second-order valence-electron chi connectivity index (χ2n) is 4.80. The minimum absolute atomic E-state index is 0.880. The van der Waals surface area contributed by atoms with Crippen LogP contribution in [-0.2, 0) is 0 Å². The van der Waals surface area contributed by atoms with Crippen molar-refractivity contribution >= 4 is 5.69 Å². The van der Waals surface area contributed by atoms with Crippen LogP contribution in [0.2, 0.25) is 0 Å². The molecule has 0 spiro atoms. The number of hydrogen-bond acceptors (Lipinski definition) is 2. The quantitative estimate of drug-likeness (QED) is 0.773. The Morgan fingerprint density at radius 1 is 1.00 bits per heavy atom. The molecule has 0 aliphatic carbocycles. The third-order valence-corrected chi connectivity index (χ3v) is 3.29. The van der Waals surface area contributed by atoms with Gasteiger partial charge in [0.2, 0.25) is 0 Å². The molecule has 2 nitrogen and oxygen atoms in total. The molecule has 0 saturated heterocycles. The largest absolute Gasteiger partial charge is 0.497 e. The van der Waals surface area contributed by atoms with Crippen LogP contribution >= 0.6 is 0 Å². The predicted molar refractivity (Wildman–Crippen MR) is 84.9 cm³/mol. The molecule has 20 heavy (non-hydrogen) atoms. The van der Waals surface area contributed by atoms with Crippen LogP contribution in [0.4, 0.5) is 5.69 Å². The van der Waals surface area contributed by atoms with E-state index in [2.05, 4.69) is 36.5 Å². The van der Waals surface area contributed by atoms with Gasteiger partial charge in [-0.1, -0.05) is 50.1 Å². The van der Waals surface area contributed by atoms with E-state index in [9.17, 15) is 0 Å². The van der Waals surface area contributed by atoms with Gasteiger partial charge in [-0.3, -0.25) is 0 Å². The first kappa shape index (κ1) is 14.4. The number of nitrogens with one attached hydrogen (secondary N) is 1. The number of unbranched alkanes of at least 4 members (excludes halogenated alkanes) is 1. The van der Waals surface area contributed by atoms with Crippen LogP contribution in [0.1, 0.15) is 31.7 Å². The molecule has 2 aromatic carbocycles. The fourth-order valence-corrected chi connectivity index (χ4v) is 2.12. The molecule has 105 valence electrons. The predicted octanol–water partition coefficient (Wildman–Crippen LogP) is 4.88. The zero-order chi connectivity index (χ0) is 14.2. The highest BCUT2D eigenvalue weighted by atomic mass is 16.5. The minimum Gasteiger partial charge on any atom is -0.497 e. The molecular weight excluding hydrogens is 246 g/mol. The van der Waals surface area contributed by atoms with E-state index in [0.717, 1.165) is 17.9 Å². The lowest BCUT2D eigenvalue weighted by Crippen LogP contribution is -2.11. The Hall–Kier alpha value is -1.96. The SMILES string of the molecule is CCCC[C](Nc1ccc(OC)cc1)c1ccccc1. The molecule has 0 aliphatic rings. The summed E-state index contributed by atoms with van der Waals surface area (Å²) in [6.45, 7) is 2.22. The first-order valence-electron chi connectivity index (χ1n) is 7.16. The van der Waals surface area contributed by atoms with Gasteiger partial charge in [-0.25, -0.2) is 0 Å². The molecule has 2 rings (SSSR count). The van der Waals surface area contributed by atoms with Gasteiger partial charge >= 0.3 is 0 Å². The number of benzene rings is 2. The zero-order valence-electron chi connectivity index (χ0n) is 12.2. The monoisotopic (exact) mass is 268 g/mol. The maximum Gasteiger partial charge on any atom is 0.119 e. The van der Waals surface area contributed by atoms with Gasteiger partial charge in [-0.15, -0.1) is 0 Å². The summed E-state index contributed by atoms with van der Waals surface area (Å²) in [5, 5.41) is 3.54. The van der Waals surface area contributed by atoms with Gasteiger partial charge < -0.3 is 10.1 Å². The molecule has 2 heteroatoms. The number of rotatable bonds is 7. The Balaban J connectivity index is 2.10. The average Bonchev–Trinajstić information content (AvgIpc) is 2.53. The van der Waals surface area contributed by atoms with Crippen molar-refractivity contribution in [1.29, 1.82) is 0 Å². The first-order chi connectivity index (χ1) is 9.83. The van der Waals surface area contributed by atoms with E-state index >= 15 is 0 Å². The van der Waals surface area contributed by atoms with Crippen molar-refractivity contribution in [3.05, 3.63) is 66.2 Å². The van der Waals surface area contributed by atoms with E-state index in [0.29, 0.717) is 0 Å². The topological polar surface area (TPSA) is 21.3 Å². The van der Waals surface area contributed by atoms with Crippen LogP contribution in [0.5, 0.6) is 5.75 Å². The second kappa shape index (κ2) is 7.59. The van der Waals surface area contributed by atoms with Gasteiger partial charge in [0.05, 0.1) is 13.2 Å². The fourth-order valence-electron chi connectivity index (χ4n) is 2.12. The Morgan fingerprint density at radius 2 is 1.70 bits per heavy atom. The van der Waals surface area contributed by atoms with E-state index < -0.39 is 0 Å². The van der Waals surface area contributed by atoms with E-state index in [1.54, 1.807) is 7.11 Å². The third-order valence-electron chi connectivity index (χ3n) is 3.29. The van der Waals surface area contributed by atoms with Gasteiger partial charge in [0.25, 0.3) is 0 Å². The van der Waals surface area contributed by atoms with Gasteiger partial charge in [0.1, 0.15) is 5.75 Å². The van der Waals surface area contributed by atoms with Crippen LogP contribution in [0, 0.1) is 6.04 Å². The summed E-state index contributed by atoms with van der Waals surface area (Å²) in [6.07, 6.45) is 3.44. The molecule has 2 aromatic rings. The van der Waals surface area contributed by atoms with E-state index in [1.165, 1.54) is 24.4 Å². The molecule has 0 fully saturated rings. The van der Waals surface area contributed by atoms with Crippen molar-refractivity contribution in [3.8, 4) is 5.75 Å². The lowest BCUT2D eigenvalue weighted by atomic mass is 10.0. The van der Waals surface area contributed by atoms with Crippen LogP contribution in [0.25, 0.3) is 0 Å². The standard InChI is InChI=1S/C18H22NO/c1-3-4-10-18(15-8-6-5-7-9-15)19-16-11-13-17(20-2)14-12-16/h5-9,11-14,19H,3-4,10H2,1-2H3. The van der Waals surface area contributed by atoms with Gasteiger partial charge in [-0.2, -0.15) is 0 Å². The van der Waals surface area contributed by atoms with Crippen LogP contribution in [0.15, 0.2) is 54.6 Å². The summed E-state index contributed by atoms with van der Waals surface area (Å²) < 4.78 is 5.19. The molecule has 0 bridgehead atoms. The molecule has 0 aliphatic heterocycles. The average molecular weight is 268 g/mol. The summed E-state index contributed by atoms with van der Waals surface area (Å²) in [7, 11) is 1.69. The van der Waals surface area contributed by atoms with Crippen LogP contribution < -0.4 is 10.1 Å². The third kappa shape index (κ3) is 4.02. The Labute approximate surface area is 121 Å². The van der Waals surface area contributed by atoms with Crippen molar-refractivity contribution < 1.29 is 4.74 Å². The van der Waals surface area contributed by atoms with Gasteiger partial charge in [-0.05, 0) is 36.2 Å². The molecule has 1 N–H and O–H groups in total. The second-order valence-corrected chi connectivity index (χ2v) is 4.80. The molecule has 0 saturated carbocycles. The summed E-state index contributed by atoms with van der Waals surface area (Å²) >= 11 is 0. The van der Waals surface area contributed by atoms with Crippen molar-refractivity contribution in [2.45, 2.75) is 26.2 Å². The molecule has 1 radical (unpaired) electrons. The highest BCUT2D eigenvalue weighted by Crippen LogP contribution is 2.24. The van der Waals surface area contributed by atoms with Crippen LogP contribution in [0.3, 0.4) is 0 Å². The molecular formula is C18H22NO. The Bertz CT molecular complexity index is 493. The van der Waals surface area contributed by atoms with Crippen molar-refractivity contribution in [3.63, 3.8) is 0 Å². The Kier molecular flexibility index (Phi) is 5.48. The van der Waals surface area contributed by atoms with Crippen molar-refractivity contribution in [2.75, 3.05) is 12.4 Å². The number of anilines is 1. The van der Waals surface area contributed by atoms with Gasteiger partial charge in [0, 0.05) is 5.69 Å². The highest BCUT2D eigenvalue weighted by molar-refractivity contribution is 5.52. The summed E-state index contributed by atoms with van der Waals surface area (Å²) in [5.41, 5.74) is 2.36. The first-order valence-corrected chi connectivity index (χ1v) is 7.16. The van der Waals surface area contributed by atoms with E-state index in [1.807, 2.05) is 30.3 Å². The lowest BCUT2D eigenvalue weighted by molar-refractivity contribution is 0.415. The molecule has 0 unspecified atom stereocenters. The molecule has 0 aromatic heterocycles. The maximum absolute atomic E-state index is 5.19.